The van der Waals surface area contributed by atoms with Crippen molar-refractivity contribution >= 4 is 5.78 Å². The van der Waals surface area contributed by atoms with Crippen LogP contribution in [0.3, 0.4) is 0 Å². The summed E-state index contributed by atoms with van der Waals surface area (Å²) in [6, 6.07) is 8.07. The second-order valence-corrected chi connectivity index (χ2v) is 5.10. The van der Waals surface area contributed by atoms with Crippen molar-refractivity contribution in [3.63, 3.8) is 0 Å². The van der Waals surface area contributed by atoms with E-state index in [1.807, 2.05) is 18.2 Å². The molecule has 1 fully saturated rings. The molecule has 0 aliphatic carbocycles. The molecule has 0 aromatic heterocycles. The van der Waals surface area contributed by atoms with Crippen LogP contribution in [-0.4, -0.2) is 25.6 Å². The highest BCUT2D eigenvalue weighted by molar-refractivity contribution is 5.82. The fourth-order valence-corrected chi connectivity index (χ4v) is 2.83. The molecule has 1 aromatic carbocycles. The van der Waals surface area contributed by atoms with Crippen molar-refractivity contribution in [2.75, 3.05) is 19.8 Å². The van der Waals surface area contributed by atoms with Crippen LogP contribution in [0.5, 0.6) is 5.75 Å². The molecule has 3 rings (SSSR count). The average Bonchev–Trinajstić information content (AvgIpc) is 2.93. The average molecular weight is 246 g/mol. The Morgan fingerprint density at radius 2 is 2.11 bits per heavy atom. The maximum absolute atomic E-state index is 12.2. The molecule has 0 spiro atoms. The number of benzene rings is 1. The van der Waals surface area contributed by atoms with Crippen LogP contribution in [0.4, 0.5) is 0 Å². The van der Waals surface area contributed by atoms with Crippen molar-refractivity contribution in [2.24, 2.45) is 5.92 Å². The number of hydrogen-bond acceptors (Lipinski definition) is 3. The molecular formula is C15H18O3. The van der Waals surface area contributed by atoms with E-state index >= 15 is 0 Å². The summed E-state index contributed by atoms with van der Waals surface area (Å²) >= 11 is 0. The van der Waals surface area contributed by atoms with E-state index in [1.54, 1.807) is 0 Å². The van der Waals surface area contributed by atoms with Gasteiger partial charge in [-0.3, -0.25) is 4.79 Å². The molecule has 2 unspecified atom stereocenters. The number of Topliss-reactive ketones (excluding diaryl/α,β-unsaturated/α-hetero) is 1. The highest BCUT2D eigenvalue weighted by Crippen LogP contribution is 2.36. The lowest BCUT2D eigenvalue weighted by Gasteiger charge is -2.26. The number of ketones is 1. The van der Waals surface area contributed by atoms with Gasteiger partial charge in [-0.25, -0.2) is 0 Å². The predicted molar refractivity (Wildman–Crippen MR) is 67.8 cm³/mol. The molecule has 2 aliphatic heterocycles. The molecule has 96 valence electrons. The molecule has 0 N–H and O–H groups in total. The van der Waals surface area contributed by atoms with Gasteiger partial charge >= 0.3 is 0 Å². The van der Waals surface area contributed by atoms with Gasteiger partial charge in [0.1, 0.15) is 11.5 Å². The summed E-state index contributed by atoms with van der Waals surface area (Å²) in [4.78, 5) is 12.2. The minimum atomic E-state index is 0.125. The van der Waals surface area contributed by atoms with E-state index in [0.717, 1.165) is 31.8 Å². The van der Waals surface area contributed by atoms with Crippen LogP contribution < -0.4 is 4.74 Å². The van der Waals surface area contributed by atoms with Crippen molar-refractivity contribution in [2.45, 2.75) is 25.2 Å². The van der Waals surface area contributed by atoms with E-state index < -0.39 is 0 Å². The summed E-state index contributed by atoms with van der Waals surface area (Å²) in [6.45, 7) is 2.07. The molecule has 3 nitrogen and oxygen atoms in total. The van der Waals surface area contributed by atoms with E-state index in [1.165, 1.54) is 5.56 Å². The maximum Gasteiger partial charge on any atom is 0.138 e. The molecule has 3 heteroatoms. The zero-order valence-electron chi connectivity index (χ0n) is 10.4. The van der Waals surface area contributed by atoms with Gasteiger partial charge in [-0.05, 0) is 30.4 Å². The Hall–Kier alpha value is -1.35. The molecule has 18 heavy (non-hydrogen) atoms. The van der Waals surface area contributed by atoms with Crippen LogP contribution in [0.2, 0.25) is 0 Å². The fraction of sp³-hybridized carbons (Fsp3) is 0.533. The molecule has 2 atom stereocenters. The van der Waals surface area contributed by atoms with Crippen LogP contribution >= 0.6 is 0 Å². The standard InChI is InChI=1S/C15H18O3/c16-14(12-5-7-17-10-12)9-11-6-8-18-15-4-2-1-3-13(11)15/h1-4,11-12H,5-10H2. The van der Waals surface area contributed by atoms with Crippen LogP contribution in [0.1, 0.15) is 30.7 Å². The van der Waals surface area contributed by atoms with E-state index in [-0.39, 0.29) is 5.92 Å². The minimum Gasteiger partial charge on any atom is -0.493 e. The molecule has 0 radical (unpaired) electrons. The second-order valence-electron chi connectivity index (χ2n) is 5.10. The van der Waals surface area contributed by atoms with Crippen molar-refractivity contribution in [3.8, 4) is 5.75 Å². The maximum atomic E-state index is 12.2. The van der Waals surface area contributed by atoms with Crippen LogP contribution in [0, 0.1) is 5.92 Å². The quantitative estimate of drug-likeness (QED) is 0.822. The Bertz CT molecular complexity index is 435. The van der Waals surface area contributed by atoms with Crippen LogP contribution in [0.25, 0.3) is 0 Å². The Morgan fingerprint density at radius 1 is 1.22 bits per heavy atom. The second kappa shape index (κ2) is 5.11. The van der Waals surface area contributed by atoms with Gasteiger partial charge in [-0.15, -0.1) is 0 Å². The first-order chi connectivity index (χ1) is 8.84. The summed E-state index contributed by atoms with van der Waals surface area (Å²) in [5.41, 5.74) is 1.19. The van der Waals surface area contributed by atoms with Crippen molar-refractivity contribution in [1.29, 1.82) is 0 Å². The van der Waals surface area contributed by atoms with Crippen molar-refractivity contribution in [3.05, 3.63) is 29.8 Å². The third kappa shape index (κ3) is 2.27. The minimum absolute atomic E-state index is 0.125. The Labute approximate surface area is 107 Å². The summed E-state index contributed by atoms with van der Waals surface area (Å²) in [7, 11) is 0. The molecule has 0 bridgehead atoms. The van der Waals surface area contributed by atoms with Crippen molar-refractivity contribution < 1.29 is 14.3 Å². The van der Waals surface area contributed by atoms with Gasteiger partial charge in [-0.1, -0.05) is 18.2 Å². The molecule has 1 saturated heterocycles. The molecule has 2 heterocycles. The lowest BCUT2D eigenvalue weighted by molar-refractivity contribution is -0.123. The van der Waals surface area contributed by atoms with E-state index in [9.17, 15) is 4.79 Å². The highest BCUT2D eigenvalue weighted by atomic mass is 16.5. The first-order valence-corrected chi connectivity index (χ1v) is 6.67. The Kier molecular flexibility index (Phi) is 3.33. The number of hydrogen-bond donors (Lipinski definition) is 0. The monoisotopic (exact) mass is 246 g/mol. The van der Waals surface area contributed by atoms with Gasteiger partial charge in [-0.2, -0.15) is 0 Å². The highest BCUT2D eigenvalue weighted by Gasteiger charge is 2.29. The zero-order valence-corrected chi connectivity index (χ0v) is 10.4. The number of carbonyl (C=O) groups is 1. The van der Waals surface area contributed by atoms with Crippen LogP contribution in [0.15, 0.2) is 24.3 Å². The van der Waals surface area contributed by atoms with E-state index in [2.05, 4.69) is 6.07 Å². The molecule has 2 aliphatic rings. The SMILES string of the molecule is O=C(CC1CCOc2ccccc21)C1CCOC1. The van der Waals surface area contributed by atoms with Gasteiger partial charge in [0.2, 0.25) is 0 Å². The first kappa shape index (κ1) is 11.7. The topological polar surface area (TPSA) is 35.5 Å². The lowest BCUT2D eigenvalue weighted by Crippen LogP contribution is -2.21. The fourth-order valence-electron chi connectivity index (χ4n) is 2.83. The third-order valence-electron chi connectivity index (χ3n) is 3.92. The van der Waals surface area contributed by atoms with Gasteiger partial charge in [0, 0.05) is 18.9 Å². The number of rotatable bonds is 3. The lowest BCUT2D eigenvalue weighted by atomic mass is 9.85. The zero-order chi connectivity index (χ0) is 12.4. The summed E-state index contributed by atoms with van der Waals surface area (Å²) in [5, 5.41) is 0. The van der Waals surface area contributed by atoms with E-state index in [4.69, 9.17) is 9.47 Å². The normalized spacial score (nSPS) is 26.4. The first-order valence-electron chi connectivity index (χ1n) is 6.67. The Morgan fingerprint density at radius 3 is 2.94 bits per heavy atom. The molecular weight excluding hydrogens is 228 g/mol. The van der Waals surface area contributed by atoms with Crippen LogP contribution in [-0.2, 0) is 9.53 Å². The van der Waals surface area contributed by atoms with Gasteiger partial charge in [0.15, 0.2) is 0 Å². The van der Waals surface area contributed by atoms with E-state index in [0.29, 0.717) is 24.7 Å². The smallest absolute Gasteiger partial charge is 0.138 e. The molecule has 0 saturated carbocycles. The third-order valence-corrected chi connectivity index (χ3v) is 3.92. The number of carbonyl (C=O) groups excluding carboxylic acids is 1. The summed E-state index contributed by atoms with van der Waals surface area (Å²) in [5.74, 6) is 1.75. The summed E-state index contributed by atoms with van der Waals surface area (Å²) < 4.78 is 10.9. The summed E-state index contributed by atoms with van der Waals surface area (Å²) in [6.07, 6.45) is 2.47. The Balaban J connectivity index is 1.72. The number of para-hydroxylation sites is 1. The predicted octanol–water partition coefficient (Wildman–Crippen LogP) is 2.55. The number of ether oxygens (including phenoxy) is 2. The van der Waals surface area contributed by atoms with Gasteiger partial charge in [0.05, 0.1) is 13.2 Å². The number of fused-ring (bicyclic) bond motifs is 1. The van der Waals surface area contributed by atoms with Crippen molar-refractivity contribution in [1.82, 2.24) is 0 Å². The van der Waals surface area contributed by atoms with Gasteiger partial charge < -0.3 is 9.47 Å². The van der Waals surface area contributed by atoms with Gasteiger partial charge in [0.25, 0.3) is 0 Å². The molecule has 1 aromatic rings. The largest absolute Gasteiger partial charge is 0.493 e. The molecule has 0 amide bonds.